The van der Waals surface area contributed by atoms with E-state index in [9.17, 15) is 13.2 Å². The molecule has 3 rings (SSSR count). The molecule has 2 heterocycles. The molecule has 0 radical (unpaired) electrons. The van der Waals surface area contributed by atoms with Crippen LogP contribution in [-0.2, 0) is 14.8 Å². The van der Waals surface area contributed by atoms with Gasteiger partial charge < -0.3 is 9.42 Å². The molecule has 1 saturated heterocycles. The molecule has 1 aromatic heterocycles. The predicted molar refractivity (Wildman–Crippen MR) is 109 cm³/mol. The number of sulfonamides is 1. The molecule has 0 spiro atoms. The van der Waals surface area contributed by atoms with Gasteiger partial charge in [-0.15, -0.1) is 0 Å². The highest BCUT2D eigenvalue weighted by Crippen LogP contribution is 2.26. The summed E-state index contributed by atoms with van der Waals surface area (Å²) >= 11 is 0. The summed E-state index contributed by atoms with van der Waals surface area (Å²) in [6.07, 6.45) is 0. The van der Waals surface area contributed by atoms with Gasteiger partial charge in [0, 0.05) is 26.2 Å². The molecule has 0 saturated carbocycles. The number of carbonyl (C=O) groups is 1. The van der Waals surface area contributed by atoms with Crippen molar-refractivity contribution in [1.29, 1.82) is 0 Å². The lowest BCUT2D eigenvalue weighted by atomic mass is 10.0. The average molecular weight is 421 g/mol. The lowest BCUT2D eigenvalue weighted by Crippen LogP contribution is -2.53. The van der Waals surface area contributed by atoms with Gasteiger partial charge in [-0.1, -0.05) is 42.4 Å². The van der Waals surface area contributed by atoms with E-state index in [1.54, 1.807) is 18.7 Å². The summed E-state index contributed by atoms with van der Waals surface area (Å²) in [6, 6.07) is 9.29. The monoisotopic (exact) mass is 420 g/mol. The van der Waals surface area contributed by atoms with Crippen molar-refractivity contribution in [1.82, 2.24) is 19.3 Å². The molecule has 1 unspecified atom stereocenters. The van der Waals surface area contributed by atoms with Crippen LogP contribution in [0, 0.1) is 13.8 Å². The molecule has 9 heteroatoms. The molecule has 158 valence electrons. The largest absolute Gasteiger partial charge is 0.360 e. The number of likely N-dealkylation sites (N-methyl/N-ethyl adjacent to an activating group) is 1. The lowest BCUT2D eigenvalue weighted by Gasteiger charge is -2.37. The molecule has 1 aliphatic heterocycles. The van der Waals surface area contributed by atoms with Gasteiger partial charge in [0.1, 0.15) is 16.6 Å². The average Bonchev–Trinajstić information content (AvgIpc) is 3.07. The van der Waals surface area contributed by atoms with E-state index < -0.39 is 10.0 Å². The van der Waals surface area contributed by atoms with E-state index in [1.807, 2.05) is 49.2 Å². The van der Waals surface area contributed by atoms with Crippen molar-refractivity contribution in [3.05, 3.63) is 47.3 Å². The predicted octanol–water partition coefficient (Wildman–Crippen LogP) is 1.82. The Morgan fingerprint density at radius 1 is 1.17 bits per heavy atom. The van der Waals surface area contributed by atoms with Crippen molar-refractivity contribution < 1.29 is 17.7 Å². The Morgan fingerprint density at radius 2 is 1.79 bits per heavy atom. The van der Waals surface area contributed by atoms with Crippen molar-refractivity contribution in [2.45, 2.75) is 31.7 Å². The smallest absolute Gasteiger partial charge is 0.248 e. The molecule has 1 aliphatic rings. The van der Waals surface area contributed by atoms with Crippen LogP contribution in [0.5, 0.6) is 0 Å². The number of carbonyl (C=O) groups excluding carboxylic acids is 1. The Balaban J connectivity index is 1.75. The van der Waals surface area contributed by atoms with Crippen LogP contribution in [-0.4, -0.2) is 73.4 Å². The van der Waals surface area contributed by atoms with Crippen molar-refractivity contribution >= 4 is 15.9 Å². The van der Waals surface area contributed by atoms with E-state index in [0.29, 0.717) is 18.8 Å². The molecule has 29 heavy (non-hydrogen) atoms. The van der Waals surface area contributed by atoms with Gasteiger partial charge in [-0.2, -0.15) is 4.31 Å². The second-order valence-electron chi connectivity index (χ2n) is 7.27. The lowest BCUT2D eigenvalue weighted by molar-refractivity contribution is -0.138. The molecule has 1 aromatic carbocycles. The number of aromatic nitrogens is 1. The van der Waals surface area contributed by atoms with E-state index in [4.69, 9.17) is 4.52 Å². The fourth-order valence-electron chi connectivity index (χ4n) is 3.70. The van der Waals surface area contributed by atoms with E-state index >= 15 is 0 Å². The maximum Gasteiger partial charge on any atom is 0.248 e. The number of aryl methyl sites for hydroxylation is 2. The van der Waals surface area contributed by atoms with Crippen LogP contribution >= 0.6 is 0 Å². The van der Waals surface area contributed by atoms with Crippen molar-refractivity contribution in [3.63, 3.8) is 0 Å². The summed E-state index contributed by atoms with van der Waals surface area (Å²) in [7, 11) is -1.77. The highest BCUT2D eigenvalue weighted by molar-refractivity contribution is 7.89. The van der Waals surface area contributed by atoms with Crippen LogP contribution in [0.4, 0.5) is 0 Å². The SMILES string of the molecule is CCN(C)C(C(=O)N1CCN(S(=O)(=O)c2c(C)noc2C)CC1)c1ccccc1. The standard InChI is InChI=1S/C20H28N4O4S/c1-5-22(4)18(17-9-7-6-8-10-17)20(25)23-11-13-24(14-12-23)29(26,27)19-15(2)21-28-16(19)3/h6-10,18H,5,11-14H2,1-4H3. The van der Waals surface area contributed by atoms with Crippen LogP contribution < -0.4 is 0 Å². The first-order chi connectivity index (χ1) is 13.8. The molecule has 8 nitrogen and oxygen atoms in total. The fraction of sp³-hybridized carbons (Fsp3) is 0.500. The van der Waals surface area contributed by atoms with Crippen molar-refractivity contribution in [3.8, 4) is 0 Å². The Hall–Kier alpha value is -2.23. The van der Waals surface area contributed by atoms with Gasteiger partial charge in [0.25, 0.3) is 0 Å². The third-order valence-electron chi connectivity index (χ3n) is 5.40. The van der Waals surface area contributed by atoms with E-state index in [1.165, 1.54) is 4.31 Å². The Kier molecular flexibility index (Phi) is 6.40. The van der Waals surface area contributed by atoms with Gasteiger partial charge in [0.05, 0.1) is 0 Å². The van der Waals surface area contributed by atoms with Crippen LogP contribution in [0.1, 0.15) is 30.0 Å². The Bertz CT molecular complexity index is 931. The molecule has 0 N–H and O–H groups in total. The maximum absolute atomic E-state index is 13.3. The van der Waals surface area contributed by atoms with Crippen molar-refractivity contribution in [2.75, 3.05) is 39.8 Å². The zero-order valence-corrected chi connectivity index (χ0v) is 18.1. The van der Waals surface area contributed by atoms with E-state index in [2.05, 4.69) is 5.16 Å². The summed E-state index contributed by atoms with van der Waals surface area (Å²) in [6.45, 7) is 7.14. The zero-order valence-electron chi connectivity index (χ0n) is 17.3. The first-order valence-electron chi connectivity index (χ1n) is 9.74. The number of piperazine rings is 1. The third-order valence-corrected chi connectivity index (χ3v) is 7.55. The molecule has 2 aromatic rings. The van der Waals surface area contributed by atoms with Crippen LogP contribution in [0.25, 0.3) is 0 Å². The fourth-order valence-corrected chi connectivity index (χ4v) is 5.41. The molecule has 1 amide bonds. The summed E-state index contributed by atoms with van der Waals surface area (Å²) in [4.78, 5) is 17.2. The normalized spacial score (nSPS) is 16.9. The highest BCUT2D eigenvalue weighted by atomic mass is 32.2. The van der Waals surface area contributed by atoms with Gasteiger partial charge in [0.15, 0.2) is 5.76 Å². The number of hydrogen-bond acceptors (Lipinski definition) is 6. The van der Waals surface area contributed by atoms with Gasteiger partial charge in [-0.05, 0) is 33.0 Å². The Morgan fingerprint density at radius 3 is 2.31 bits per heavy atom. The third kappa shape index (κ3) is 4.22. The van der Waals surface area contributed by atoms with Gasteiger partial charge in [-0.25, -0.2) is 8.42 Å². The maximum atomic E-state index is 13.3. The topological polar surface area (TPSA) is 87.0 Å². The number of rotatable bonds is 6. The number of hydrogen-bond donors (Lipinski definition) is 0. The van der Waals surface area contributed by atoms with Gasteiger partial charge in [-0.3, -0.25) is 9.69 Å². The minimum Gasteiger partial charge on any atom is -0.360 e. The second kappa shape index (κ2) is 8.64. The quantitative estimate of drug-likeness (QED) is 0.708. The Labute approximate surface area is 172 Å². The van der Waals surface area contributed by atoms with Crippen molar-refractivity contribution in [2.24, 2.45) is 0 Å². The molecule has 1 fully saturated rings. The summed E-state index contributed by atoms with van der Waals surface area (Å²) in [5.74, 6) is 0.282. The van der Waals surface area contributed by atoms with Crippen LogP contribution in [0.2, 0.25) is 0 Å². The first kappa shape index (κ1) is 21.5. The first-order valence-corrected chi connectivity index (χ1v) is 11.2. The van der Waals surface area contributed by atoms with Crippen LogP contribution in [0.3, 0.4) is 0 Å². The van der Waals surface area contributed by atoms with Gasteiger partial charge in [0.2, 0.25) is 15.9 Å². The van der Waals surface area contributed by atoms with E-state index in [-0.39, 0.29) is 35.7 Å². The molecule has 1 atom stereocenters. The zero-order chi connectivity index (χ0) is 21.2. The molecular formula is C20H28N4O4S. The van der Waals surface area contributed by atoms with E-state index in [0.717, 1.165) is 12.1 Å². The number of nitrogens with zero attached hydrogens (tertiary/aromatic N) is 4. The summed E-state index contributed by atoms with van der Waals surface area (Å²) in [5.41, 5.74) is 1.29. The number of amides is 1. The minimum absolute atomic E-state index is 0.00469. The molecular weight excluding hydrogens is 392 g/mol. The van der Waals surface area contributed by atoms with Gasteiger partial charge >= 0.3 is 0 Å². The summed E-state index contributed by atoms with van der Waals surface area (Å²) < 4.78 is 32.4. The second-order valence-corrected chi connectivity index (χ2v) is 9.14. The highest BCUT2D eigenvalue weighted by Gasteiger charge is 2.36. The van der Waals surface area contributed by atoms with Crippen LogP contribution in [0.15, 0.2) is 39.8 Å². The minimum atomic E-state index is -3.69. The summed E-state index contributed by atoms with van der Waals surface area (Å²) in [5, 5.41) is 3.76. The number of benzene rings is 1. The molecule has 0 aliphatic carbocycles. The molecule has 0 bridgehead atoms.